The van der Waals surface area contributed by atoms with Crippen LogP contribution < -0.4 is 10.2 Å². The van der Waals surface area contributed by atoms with Gasteiger partial charge in [-0.05, 0) is 56.5 Å². The first-order valence-electron chi connectivity index (χ1n) is 7.55. The van der Waals surface area contributed by atoms with Crippen molar-refractivity contribution in [1.82, 2.24) is 5.43 Å². The summed E-state index contributed by atoms with van der Waals surface area (Å²) in [5.74, 6) is 0.388. The molecular formula is C19H22N2O2. The summed E-state index contributed by atoms with van der Waals surface area (Å²) in [6.45, 7) is 8.04. The molecule has 0 heterocycles. The molecular weight excluding hydrogens is 288 g/mol. The Labute approximate surface area is 137 Å². The molecule has 0 fully saturated rings. The highest BCUT2D eigenvalue weighted by Gasteiger charge is 2.03. The van der Waals surface area contributed by atoms with E-state index in [4.69, 9.17) is 4.74 Å². The van der Waals surface area contributed by atoms with Gasteiger partial charge in [0.2, 0.25) is 0 Å². The quantitative estimate of drug-likeness (QED) is 0.679. The Kier molecular flexibility index (Phi) is 5.52. The third-order valence-electron chi connectivity index (χ3n) is 3.48. The fourth-order valence-corrected chi connectivity index (χ4v) is 2.45. The maximum absolute atomic E-state index is 11.8. The SMILES string of the molecule is Cc1cccc(OCC(=O)NN=Cc2c(C)cc(C)cc2C)c1. The molecule has 0 saturated carbocycles. The number of nitrogens with one attached hydrogen (secondary N) is 1. The molecule has 0 aliphatic heterocycles. The van der Waals surface area contributed by atoms with Crippen LogP contribution in [0, 0.1) is 27.7 Å². The first kappa shape index (κ1) is 16.7. The molecule has 0 aliphatic rings. The standard InChI is InChI=1S/C19H22N2O2/c1-13-6-5-7-17(10-13)23-12-19(22)21-20-11-18-15(3)8-14(2)9-16(18)4/h5-11H,12H2,1-4H3,(H,21,22). The largest absolute Gasteiger partial charge is 0.484 e. The molecule has 0 aliphatic carbocycles. The molecule has 2 rings (SSSR count). The van der Waals surface area contributed by atoms with E-state index in [0.29, 0.717) is 5.75 Å². The maximum atomic E-state index is 11.8. The Morgan fingerprint density at radius 2 is 1.78 bits per heavy atom. The molecule has 23 heavy (non-hydrogen) atoms. The van der Waals surface area contributed by atoms with E-state index in [1.54, 1.807) is 6.21 Å². The zero-order chi connectivity index (χ0) is 16.8. The van der Waals surface area contributed by atoms with Crippen LogP contribution in [0.3, 0.4) is 0 Å². The van der Waals surface area contributed by atoms with E-state index >= 15 is 0 Å². The lowest BCUT2D eigenvalue weighted by atomic mass is 10.0. The summed E-state index contributed by atoms with van der Waals surface area (Å²) >= 11 is 0. The molecule has 0 unspecified atom stereocenters. The highest BCUT2D eigenvalue weighted by atomic mass is 16.5. The molecule has 0 aromatic heterocycles. The van der Waals surface area contributed by atoms with Crippen LogP contribution in [0.25, 0.3) is 0 Å². The molecule has 0 spiro atoms. The van der Waals surface area contributed by atoms with Gasteiger partial charge in [0, 0.05) is 5.56 Å². The predicted octanol–water partition coefficient (Wildman–Crippen LogP) is 3.45. The van der Waals surface area contributed by atoms with Crippen LogP contribution in [0.1, 0.15) is 27.8 Å². The minimum Gasteiger partial charge on any atom is -0.484 e. The third kappa shape index (κ3) is 4.95. The van der Waals surface area contributed by atoms with Gasteiger partial charge in [0.05, 0.1) is 6.21 Å². The van der Waals surface area contributed by atoms with E-state index in [2.05, 4.69) is 29.6 Å². The summed E-state index contributed by atoms with van der Waals surface area (Å²) in [5, 5.41) is 4.02. The van der Waals surface area contributed by atoms with Gasteiger partial charge >= 0.3 is 0 Å². The summed E-state index contributed by atoms with van der Waals surface area (Å²) in [6, 6.07) is 11.8. The minimum absolute atomic E-state index is 0.0628. The molecule has 1 N–H and O–H groups in total. The van der Waals surface area contributed by atoms with Crippen LogP contribution in [0.5, 0.6) is 5.75 Å². The fraction of sp³-hybridized carbons (Fsp3) is 0.263. The maximum Gasteiger partial charge on any atom is 0.277 e. The Bertz CT molecular complexity index is 713. The number of hydrogen-bond donors (Lipinski definition) is 1. The van der Waals surface area contributed by atoms with Crippen molar-refractivity contribution in [3.63, 3.8) is 0 Å². The van der Waals surface area contributed by atoms with Crippen molar-refractivity contribution < 1.29 is 9.53 Å². The van der Waals surface area contributed by atoms with Gasteiger partial charge in [-0.2, -0.15) is 5.10 Å². The number of amides is 1. The average molecular weight is 310 g/mol. The van der Waals surface area contributed by atoms with E-state index < -0.39 is 0 Å². The molecule has 4 nitrogen and oxygen atoms in total. The summed E-state index contributed by atoms with van der Waals surface area (Å²) in [7, 11) is 0. The minimum atomic E-state index is -0.287. The van der Waals surface area contributed by atoms with Crippen molar-refractivity contribution in [3.05, 3.63) is 64.2 Å². The predicted molar refractivity (Wildman–Crippen MR) is 93.1 cm³/mol. The number of hydrogen-bond acceptors (Lipinski definition) is 3. The van der Waals surface area contributed by atoms with Crippen molar-refractivity contribution in [1.29, 1.82) is 0 Å². The molecule has 120 valence electrons. The number of benzene rings is 2. The van der Waals surface area contributed by atoms with Gasteiger partial charge in [0.1, 0.15) is 5.75 Å². The van der Waals surface area contributed by atoms with Gasteiger partial charge in [-0.15, -0.1) is 0 Å². The molecule has 0 atom stereocenters. The highest BCUT2D eigenvalue weighted by Crippen LogP contribution is 2.14. The molecule has 1 amide bonds. The highest BCUT2D eigenvalue weighted by molar-refractivity contribution is 5.85. The van der Waals surface area contributed by atoms with E-state index in [1.165, 1.54) is 5.56 Å². The second-order valence-electron chi connectivity index (χ2n) is 5.71. The zero-order valence-electron chi connectivity index (χ0n) is 14.0. The summed E-state index contributed by atoms with van der Waals surface area (Å²) in [5.41, 5.74) is 8.09. The fourth-order valence-electron chi connectivity index (χ4n) is 2.45. The first-order valence-corrected chi connectivity index (χ1v) is 7.55. The van der Waals surface area contributed by atoms with Crippen LogP contribution in [0.2, 0.25) is 0 Å². The van der Waals surface area contributed by atoms with Crippen molar-refractivity contribution in [2.24, 2.45) is 5.10 Å². The number of hydrazone groups is 1. The number of nitrogens with zero attached hydrogens (tertiary/aromatic N) is 1. The first-order chi connectivity index (χ1) is 11.0. The third-order valence-corrected chi connectivity index (χ3v) is 3.48. The topological polar surface area (TPSA) is 50.7 Å². The summed E-state index contributed by atoms with van der Waals surface area (Å²) < 4.78 is 5.43. The average Bonchev–Trinajstić information content (AvgIpc) is 2.48. The molecule has 2 aromatic carbocycles. The monoisotopic (exact) mass is 310 g/mol. The number of aryl methyl sites for hydroxylation is 4. The van der Waals surface area contributed by atoms with Gasteiger partial charge in [0.25, 0.3) is 5.91 Å². The van der Waals surface area contributed by atoms with Gasteiger partial charge in [-0.1, -0.05) is 29.8 Å². The van der Waals surface area contributed by atoms with Crippen LogP contribution >= 0.6 is 0 Å². The molecule has 0 saturated heterocycles. The van der Waals surface area contributed by atoms with Crippen LogP contribution in [0.4, 0.5) is 0 Å². The Balaban J connectivity index is 1.89. The number of carbonyl (C=O) groups is 1. The van der Waals surface area contributed by atoms with E-state index in [1.807, 2.05) is 45.0 Å². The van der Waals surface area contributed by atoms with Crippen molar-refractivity contribution in [3.8, 4) is 5.75 Å². The Hall–Kier alpha value is -2.62. The second-order valence-corrected chi connectivity index (χ2v) is 5.71. The van der Waals surface area contributed by atoms with E-state index in [-0.39, 0.29) is 12.5 Å². The second kappa shape index (κ2) is 7.58. The van der Waals surface area contributed by atoms with Gasteiger partial charge in [-0.3, -0.25) is 4.79 Å². The summed E-state index contributed by atoms with van der Waals surface area (Å²) in [4.78, 5) is 11.8. The Morgan fingerprint density at radius 1 is 1.09 bits per heavy atom. The lowest BCUT2D eigenvalue weighted by molar-refractivity contribution is -0.123. The van der Waals surface area contributed by atoms with Crippen LogP contribution in [-0.4, -0.2) is 18.7 Å². The molecule has 0 bridgehead atoms. The lowest BCUT2D eigenvalue weighted by Crippen LogP contribution is -2.24. The van der Waals surface area contributed by atoms with Crippen LogP contribution in [-0.2, 0) is 4.79 Å². The van der Waals surface area contributed by atoms with Gasteiger partial charge < -0.3 is 4.74 Å². The molecule has 2 aromatic rings. The van der Waals surface area contributed by atoms with E-state index in [0.717, 1.165) is 22.3 Å². The molecule has 0 radical (unpaired) electrons. The van der Waals surface area contributed by atoms with Crippen molar-refractivity contribution in [2.45, 2.75) is 27.7 Å². The van der Waals surface area contributed by atoms with Gasteiger partial charge in [-0.25, -0.2) is 5.43 Å². The number of ether oxygens (including phenoxy) is 1. The van der Waals surface area contributed by atoms with Crippen LogP contribution in [0.15, 0.2) is 41.5 Å². The van der Waals surface area contributed by atoms with Crippen molar-refractivity contribution in [2.75, 3.05) is 6.61 Å². The normalized spacial score (nSPS) is 10.8. The lowest BCUT2D eigenvalue weighted by Gasteiger charge is -2.07. The van der Waals surface area contributed by atoms with Crippen molar-refractivity contribution >= 4 is 12.1 Å². The number of rotatable bonds is 5. The molecule has 4 heteroatoms. The smallest absolute Gasteiger partial charge is 0.277 e. The van der Waals surface area contributed by atoms with E-state index in [9.17, 15) is 4.79 Å². The Morgan fingerprint density at radius 3 is 2.43 bits per heavy atom. The number of carbonyl (C=O) groups excluding carboxylic acids is 1. The zero-order valence-corrected chi connectivity index (χ0v) is 14.0. The van der Waals surface area contributed by atoms with Gasteiger partial charge in [0.15, 0.2) is 6.61 Å². The summed E-state index contributed by atoms with van der Waals surface area (Å²) in [6.07, 6.45) is 1.68.